The Balaban J connectivity index is 1.82. The quantitative estimate of drug-likeness (QED) is 0.585. The normalized spacial score (nSPS) is 11.6. The summed E-state index contributed by atoms with van der Waals surface area (Å²) in [7, 11) is 0. The first-order chi connectivity index (χ1) is 13.7. The van der Waals surface area contributed by atoms with Crippen molar-refractivity contribution in [2.75, 3.05) is 6.54 Å². The first kappa shape index (κ1) is 20.8. The summed E-state index contributed by atoms with van der Waals surface area (Å²) in [5.74, 6) is 0.500. The van der Waals surface area contributed by atoms with Crippen molar-refractivity contribution in [3.8, 4) is 17.5 Å². The van der Waals surface area contributed by atoms with Gasteiger partial charge in [0.1, 0.15) is 0 Å². The summed E-state index contributed by atoms with van der Waals surface area (Å²) in [6, 6.07) is 16.0. The number of H-pyrrole nitrogens is 1. The second-order valence-electron chi connectivity index (χ2n) is 6.70. The van der Waals surface area contributed by atoms with Crippen LogP contribution in [-0.4, -0.2) is 32.4 Å². The minimum atomic E-state index is -4.37. The van der Waals surface area contributed by atoms with E-state index >= 15 is 0 Å². The highest BCUT2D eigenvalue weighted by Gasteiger charge is 2.31. The van der Waals surface area contributed by atoms with Crippen LogP contribution in [0.1, 0.15) is 16.7 Å². The molecule has 29 heavy (non-hydrogen) atoms. The lowest BCUT2D eigenvalue weighted by molar-refractivity contribution is -0.151. The van der Waals surface area contributed by atoms with E-state index < -0.39 is 12.7 Å². The lowest BCUT2D eigenvalue weighted by Gasteiger charge is -2.23. The number of benzene rings is 2. The standard InChI is InChI=1S/C20H18F3N5S/c1-14-2-8-17(9-3-14)18-25-19(29)28(26-18)13-27(12-20(21,22)23)11-16-6-4-15(10-24)5-7-16/h2-9H,11-13H2,1H3,(H,25,26,29). The van der Waals surface area contributed by atoms with Crippen molar-refractivity contribution in [3.05, 3.63) is 70.0 Å². The van der Waals surface area contributed by atoms with Crippen LogP contribution >= 0.6 is 12.2 Å². The predicted octanol–water partition coefficient (Wildman–Crippen LogP) is 4.81. The first-order valence-corrected chi connectivity index (χ1v) is 9.16. The number of nitrogens with one attached hydrogen (secondary N) is 1. The zero-order chi connectivity index (χ0) is 21.0. The molecule has 3 aromatic rings. The molecule has 0 amide bonds. The molecule has 0 fully saturated rings. The zero-order valence-electron chi connectivity index (χ0n) is 15.6. The predicted molar refractivity (Wildman–Crippen MR) is 105 cm³/mol. The molecule has 1 heterocycles. The van der Waals surface area contributed by atoms with Crippen LogP contribution in [0.4, 0.5) is 13.2 Å². The number of aromatic amines is 1. The Labute approximate surface area is 171 Å². The van der Waals surface area contributed by atoms with E-state index in [-0.39, 0.29) is 18.0 Å². The second kappa shape index (κ2) is 8.59. The second-order valence-corrected chi connectivity index (χ2v) is 7.07. The van der Waals surface area contributed by atoms with Crippen LogP contribution in [0.5, 0.6) is 0 Å². The topological polar surface area (TPSA) is 60.6 Å². The highest BCUT2D eigenvalue weighted by molar-refractivity contribution is 7.71. The lowest BCUT2D eigenvalue weighted by Crippen LogP contribution is -2.35. The number of alkyl halides is 3. The van der Waals surface area contributed by atoms with Crippen molar-refractivity contribution in [1.82, 2.24) is 19.7 Å². The number of nitrogens with zero attached hydrogens (tertiary/aromatic N) is 4. The molecule has 1 N–H and O–H groups in total. The number of hydrogen-bond donors (Lipinski definition) is 1. The van der Waals surface area contributed by atoms with E-state index in [2.05, 4.69) is 10.1 Å². The van der Waals surface area contributed by atoms with E-state index in [0.717, 1.165) is 11.1 Å². The summed E-state index contributed by atoms with van der Waals surface area (Å²) in [6.07, 6.45) is -4.37. The molecule has 2 aromatic carbocycles. The molecule has 0 radical (unpaired) electrons. The van der Waals surface area contributed by atoms with Crippen molar-refractivity contribution < 1.29 is 13.2 Å². The maximum atomic E-state index is 13.1. The van der Waals surface area contributed by atoms with Gasteiger partial charge in [0.15, 0.2) is 5.82 Å². The Morgan fingerprint density at radius 3 is 2.38 bits per heavy atom. The first-order valence-electron chi connectivity index (χ1n) is 8.75. The van der Waals surface area contributed by atoms with Crippen LogP contribution in [0.15, 0.2) is 48.5 Å². The molecule has 0 saturated heterocycles. The lowest BCUT2D eigenvalue weighted by atomic mass is 10.1. The van der Waals surface area contributed by atoms with Crippen LogP contribution in [0.2, 0.25) is 0 Å². The summed E-state index contributed by atoms with van der Waals surface area (Å²) in [6.45, 7) is 0.805. The van der Waals surface area contributed by atoms with E-state index in [4.69, 9.17) is 17.5 Å². The van der Waals surface area contributed by atoms with Crippen LogP contribution in [0, 0.1) is 23.0 Å². The van der Waals surface area contributed by atoms with Gasteiger partial charge in [-0.05, 0) is 36.8 Å². The van der Waals surface area contributed by atoms with Gasteiger partial charge in [-0.15, -0.1) is 0 Å². The van der Waals surface area contributed by atoms with Crippen molar-refractivity contribution in [1.29, 1.82) is 5.26 Å². The molecule has 0 aliphatic carbocycles. The fourth-order valence-electron chi connectivity index (χ4n) is 2.85. The highest BCUT2D eigenvalue weighted by Crippen LogP contribution is 2.20. The summed E-state index contributed by atoms with van der Waals surface area (Å²) < 4.78 is 40.9. The molecule has 0 atom stereocenters. The number of halogens is 3. The van der Waals surface area contributed by atoms with Crippen molar-refractivity contribution in [3.63, 3.8) is 0 Å². The van der Waals surface area contributed by atoms with Crippen molar-refractivity contribution >= 4 is 12.2 Å². The van der Waals surface area contributed by atoms with E-state index in [0.29, 0.717) is 17.0 Å². The Morgan fingerprint density at radius 1 is 1.14 bits per heavy atom. The Kier molecular flexibility index (Phi) is 6.15. The van der Waals surface area contributed by atoms with Gasteiger partial charge < -0.3 is 0 Å². The third-order valence-corrected chi connectivity index (χ3v) is 4.55. The molecule has 0 aliphatic rings. The summed E-state index contributed by atoms with van der Waals surface area (Å²) in [5.41, 5.74) is 3.01. The average molecular weight is 417 g/mol. The van der Waals surface area contributed by atoms with Gasteiger partial charge in [-0.3, -0.25) is 10.00 Å². The SMILES string of the molecule is Cc1ccc(-c2nc(=S)n(CN(Cc3ccc(C#N)cc3)CC(F)(F)F)[nH]2)cc1. The van der Waals surface area contributed by atoms with Gasteiger partial charge >= 0.3 is 6.18 Å². The molecule has 3 rings (SSSR count). The molecule has 0 bridgehead atoms. The Bertz CT molecular complexity index is 1060. The number of aryl methyl sites for hydroxylation is 1. The molecule has 0 unspecified atom stereocenters. The summed E-state index contributed by atoms with van der Waals surface area (Å²) in [4.78, 5) is 5.48. The average Bonchev–Trinajstić information content (AvgIpc) is 3.02. The van der Waals surface area contributed by atoms with Crippen LogP contribution in [0.3, 0.4) is 0 Å². The molecule has 0 spiro atoms. The van der Waals surface area contributed by atoms with Crippen LogP contribution < -0.4 is 0 Å². The molecule has 1 aromatic heterocycles. The van der Waals surface area contributed by atoms with Gasteiger partial charge in [-0.25, -0.2) is 4.68 Å². The minimum absolute atomic E-state index is 0.0475. The molecule has 5 nitrogen and oxygen atoms in total. The van der Waals surface area contributed by atoms with Crippen LogP contribution in [0.25, 0.3) is 11.4 Å². The number of rotatable bonds is 6. The van der Waals surface area contributed by atoms with Gasteiger partial charge in [0, 0.05) is 12.1 Å². The molecule has 0 saturated carbocycles. The summed E-state index contributed by atoms with van der Waals surface area (Å²) in [5, 5.41) is 11.9. The molecule has 150 valence electrons. The van der Waals surface area contributed by atoms with E-state index in [9.17, 15) is 13.2 Å². The van der Waals surface area contributed by atoms with Crippen molar-refractivity contribution in [2.24, 2.45) is 0 Å². The third-order valence-electron chi connectivity index (χ3n) is 4.24. The van der Waals surface area contributed by atoms with Crippen LogP contribution in [-0.2, 0) is 13.2 Å². The van der Waals surface area contributed by atoms with Gasteiger partial charge in [0.25, 0.3) is 0 Å². The van der Waals surface area contributed by atoms with Gasteiger partial charge in [-0.1, -0.05) is 42.0 Å². The van der Waals surface area contributed by atoms with Gasteiger partial charge in [0.05, 0.1) is 24.8 Å². The monoisotopic (exact) mass is 417 g/mol. The maximum absolute atomic E-state index is 13.1. The number of nitriles is 1. The molecule has 0 aliphatic heterocycles. The number of hydrogen-bond acceptors (Lipinski definition) is 4. The smallest absolute Gasteiger partial charge is 0.278 e. The highest BCUT2D eigenvalue weighted by atomic mass is 32.1. The fraction of sp³-hybridized carbons (Fsp3) is 0.250. The van der Waals surface area contributed by atoms with Crippen molar-refractivity contribution in [2.45, 2.75) is 26.3 Å². The molecule has 9 heteroatoms. The maximum Gasteiger partial charge on any atom is 0.401 e. The van der Waals surface area contributed by atoms with Gasteiger partial charge in [0.2, 0.25) is 4.77 Å². The molecular weight excluding hydrogens is 399 g/mol. The third kappa shape index (κ3) is 5.76. The van der Waals surface area contributed by atoms with E-state index in [1.807, 2.05) is 37.3 Å². The Morgan fingerprint density at radius 2 is 1.79 bits per heavy atom. The van der Waals surface area contributed by atoms with Gasteiger partial charge in [-0.2, -0.15) is 23.4 Å². The molecular formula is C20H18F3N5S. The zero-order valence-corrected chi connectivity index (χ0v) is 16.4. The van der Waals surface area contributed by atoms with E-state index in [1.165, 1.54) is 9.58 Å². The van der Waals surface area contributed by atoms with E-state index in [1.54, 1.807) is 24.3 Å². The minimum Gasteiger partial charge on any atom is -0.278 e. The Hall–Kier alpha value is -2.96. The number of aromatic nitrogens is 3. The summed E-state index contributed by atoms with van der Waals surface area (Å²) >= 11 is 5.23. The fourth-order valence-corrected chi connectivity index (χ4v) is 3.04. The largest absolute Gasteiger partial charge is 0.401 e.